The van der Waals surface area contributed by atoms with Crippen LogP contribution in [0.1, 0.15) is 41.7 Å². The van der Waals surface area contributed by atoms with E-state index < -0.39 is 28.3 Å². The maximum Gasteiger partial charge on any atom is 0.435 e. The minimum atomic E-state index is -4.73. The summed E-state index contributed by atoms with van der Waals surface area (Å²) in [4.78, 5) is 15.1. The van der Waals surface area contributed by atoms with Gasteiger partial charge in [0.05, 0.1) is 0 Å². The molecule has 4 nitrogen and oxygen atoms in total. The number of alkyl halides is 3. The van der Waals surface area contributed by atoms with Crippen LogP contribution in [0.5, 0.6) is 0 Å². The zero-order chi connectivity index (χ0) is 18.0. The maximum atomic E-state index is 13.1. The number of nitrogens with zero attached hydrogens (tertiary/aromatic N) is 1. The summed E-state index contributed by atoms with van der Waals surface area (Å²) in [5.41, 5.74) is -1.01. The van der Waals surface area contributed by atoms with Gasteiger partial charge in [0, 0.05) is 5.54 Å². The van der Waals surface area contributed by atoms with Crippen molar-refractivity contribution in [2.75, 3.05) is 5.32 Å². The van der Waals surface area contributed by atoms with Crippen LogP contribution >= 0.6 is 11.3 Å². The Hall–Kier alpha value is -2.09. The molecule has 0 aliphatic rings. The summed E-state index contributed by atoms with van der Waals surface area (Å²) < 4.78 is 44.4. The highest BCUT2D eigenvalue weighted by atomic mass is 32.1. The molecule has 0 saturated carbocycles. The second-order valence-corrected chi connectivity index (χ2v) is 7.13. The van der Waals surface area contributed by atoms with Gasteiger partial charge < -0.3 is 10.1 Å². The molecule has 130 valence electrons. The minimum Gasteiger partial charge on any atom is -0.457 e. The van der Waals surface area contributed by atoms with Gasteiger partial charge in [0.2, 0.25) is 0 Å². The molecule has 0 fully saturated rings. The summed E-state index contributed by atoms with van der Waals surface area (Å²) >= 11 is 0.640. The number of carbonyl (C=O) groups is 1. The molecule has 2 aromatic rings. The fraction of sp³-hybridized carbons (Fsp3) is 0.375. The molecule has 0 saturated heterocycles. The lowest BCUT2D eigenvalue weighted by Gasteiger charge is -2.19. The molecule has 0 bridgehead atoms. The van der Waals surface area contributed by atoms with Crippen molar-refractivity contribution in [2.45, 2.75) is 39.1 Å². The summed E-state index contributed by atoms with van der Waals surface area (Å²) in [7, 11) is 0. The molecule has 1 N–H and O–H groups in total. The molecule has 8 heteroatoms. The summed E-state index contributed by atoms with van der Waals surface area (Å²) in [5, 5.41) is 2.87. The van der Waals surface area contributed by atoms with E-state index >= 15 is 0 Å². The van der Waals surface area contributed by atoms with E-state index in [1.165, 1.54) is 0 Å². The van der Waals surface area contributed by atoms with Gasteiger partial charge in [-0.3, -0.25) is 0 Å². The smallest absolute Gasteiger partial charge is 0.435 e. The van der Waals surface area contributed by atoms with E-state index in [4.69, 9.17) is 4.74 Å². The average Bonchev–Trinajstić information content (AvgIpc) is 2.88. The minimum absolute atomic E-state index is 0.0292. The predicted octanol–water partition coefficient (Wildman–Crippen LogP) is 4.73. The van der Waals surface area contributed by atoms with E-state index in [9.17, 15) is 18.0 Å². The topological polar surface area (TPSA) is 51.2 Å². The molecule has 2 rings (SSSR count). The summed E-state index contributed by atoms with van der Waals surface area (Å²) in [6.45, 7) is 5.26. The number of thiazole rings is 1. The van der Waals surface area contributed by atoms with Crippen LogP contribution < -0.4 is 5.32 Å². The van der Waals surface area contributed by atoms with E-state index in [1.807, 2.05) is 0 Å². The van der Waals surface area contributed by atoms with E-state index in [2.05, 4.69) is 10.3 Å². The van der Waals surface area contributed by atoms with Crippen LogP contribution in [0.3, 0.4) is 0 Å². The van der Waals surface area contributed by atoms with Crippen molar-refractivity contribution in [3.05, 3.63) is 46.5 Å². The van der Waals surface area contributed by atoms with E-state index in [0.717, 1.165) is 0 Å². The van der Waals surface area contributed by atoms with E-state index in [0.29, 0.717) is 16.9 Å². The number of aromatic nitrogens is 1. The van der Waals surface area contributed by atoms with Crippen LogP contribution in [-0.4, -0.2) is 16.5 Å². The third-order valence-corrected chi connectivity index (χ3v) is 3.73. The second-order valence-electron chi connectivity index (χ2n) is 6.13. The Morgan fingerprint density at radius 2 is 1.83 bits per heavy atom. The number of hydrogen-bond donors (Lipinski definition) is 1. The van der Waals surface area contributed by atoms with Crippen LogP contribution in [0, 0.1) is 0 Å². The Kier molecular flexibility index (Phi) is 5.17. The van der Waals surface area contributed by atoms with Crippen molar-refractivity contribution in [3.8, 4) is 0 Å². The number of carbonyl (C=O) groups excluding carboxylic acids is 1. The Balaban J connectivity index is 2.22. The molecule has 0 atom stereocenters. The van der Waals surface area contributed by atoms with Gasteiger partial charge in [0.15, 0.2) is 10.8 Å². The Labute approximate surface area is 141 Å². The largest absolute Gasteiger partial charge is 0.457 e. The van der Waals surface area contributed by atoms with E-state index in [-0.39, 0.29) is 11.7 Å². The van der Waals surface area contributed by atoms with Crippen molar-refractivity contribution in [1.82, 2.24) is 4.98 Å². The number of hydrogen-bond acceptors (Lipinski definition) is 5. The Morgan fingerprint density at radius 3 is 2.38 bits per heavy atom. The lowest BCUT2D eigenvalue weighted by Crippen LogP contribution is -2.26. The van der Waals surface area contributed by atoms with Crippen molar-refractivity contribution in [1.29, 1.82) is 0 Å². The van der Waals surface area contributed by atoms with Crippen molar-refractivity contribution in [2.24, 2.45) is 0 Å². The Morgan fingerprint density at radius 1 is 1.21 bits per heavy atom. The normalized spacial score (nSPS) is 12.1. The molecule has 0 amide bonds. The van der Waals surface area contributed by atoms with Gasteiger partial charge in [-0.1, -0.05) is 41.7 Å². The first kappa shape index (κ1) is 18.3. The van der Waals surface area contributed by atoms with Gasteiger partial charge in [-0.25, -0.2) is 9.78 Å². The number of halogens is 3. The van der Waals surface area contributed by atoms with Crippen LogP contribution in [0.25, 0.3) is 0 Å². The number of nitrogens with one attached hydrogen (secondary N) is 1. The number of rotatable bonds is 4. The van der Waals surface area contributed by atoms with E-state index in [1.54, 1.807) is 51.1 Å². The summed E-state index contributed by atoms with van der Waals surface area (Å²) in [6.07, 6.45) is -4.73. The van der Waals surface area contributed by atoms with Gasteiger partial charge in [-0.2, -0.15) is 13.2 Å². The van der Waals surface area contributed by atoms with Crippen LogP contribution in [0.2, 0.25) is 0 Å². The fourth-order valence-electron chi connectivity index (χ4n) is 1.81. The molecule has 24 heavy (non-hydrogen) atoms. The molecule has 0 aliphatic carbocycles. The SMILES string of the molecule is CC(C)(C)Nc1nc(C(F)(F)F)c(C(=O)OCc2ccccc2)s1. The number of esters is 1. The number of benzene rings is 1. The monoisotopic (exact) mass is 358 g/mol. The first-order valence-electron chi connectivity index (χ1n) is 7.13. The molecule has 1 heterocycles. The third kappa shape index (κ3) is 4.95. The highest BCUT2D eigenvalue weighted by Crippen LogP contribution is 2.37. The highest BCUT2D eigenvalue weighted by molar-refractivity contribution is 7.17. The van der Waals surface area contributed by atoms with Crippen LogP contribution in [0.4, 0.5) is 18.3 Å². The van der Waals surface area contributed by atoms with Gasteiger partial charge in [-0.15, -0.1) is 0 Å². The molecular weight excluding hydrogens is 341 g/mol. The van der Waals surface area contributed by atoms with Gasteiger partial charge in [-0.05, 0) is 26.3 Å². The summed E-state index contributed by atoms with van der Waals surface area (Å²) in [6, 6.07) is 8.74. The van der Waals surface area contributed by atoms with Crippen molar-refractivity contribution >= 4 is 22.4 Å². The zero-order valence-corrected chi connectivity index (χ0v) is 14.2. The van der Waals surface area contributed by atoms with Gasteiger partial charge >= 0.3 is 12.1 Å². The van der Waals surface area contributed by atoms with Crippen molar-refractivity contribution in [3.63, 3.8) is 0 Å². The molecular formula is C16H17F3N2O2S. The van der Waals surface area contributed by atoms with Crippen LogP contribution in [0.15, 0.2) is 30.3 Å². The van der Waals surface area contributed by atoms with Crippen LogP contribution in [-0.2, 0) is 17.5 Å². The Bertz CT molecular complexity index is 706. The molecule has 0 radical (unpaired) electrons. The fourth-order valence-corrected chi connectivity index (χ4v) is 2.90. The molecule has 1 aromatic carbocycles. The standard InChI is InChI=1S/C16H17F3N2O2S/c1-15(2,3)21-14-20-12(16(17,18)19)11(24-14)13(22)23-9-10-7-5-4-6-8-10/h4-8H,9H2,1-3H3,(H,20,21). The van der Waals surface area contributed by atoms with Gasteiger partial charge in [0.1, 0.15) is 11.5 Å². The lowest BCUT2D eigenvalue weighted by molar-refractivity contribution is -0.141. The predicted molar refractivity (Wildman–Crippen MR) is 86.1 cm³/mol. The second kappa shape index (κ2) is 6.80. The first-order valence-corrected chi connectivity index (χ1v) is 7.95. The maximum absolute atomic E-state index is 13.1. The average molecular weight is 358 g/mol. The first-order chi connectivity index (χ1) is 11.1. The quantitative estimate of drug-likeness (QED) is 0.803. The van der Waals surface area contributed by atoms with Crippen molar-refractivity contribution < 1.29 is 22.7 Å². The number of ether oxygens (including phenoxy) is 1. The zero-order valence-electron chi connectivity index (χ0n) is 13.4. The number of anilines is 1. The lowest BCUT2D eigenvalue weighted by atomic mass is 10.1. The molecule has 0 unspecified atom stereocenters. The molecule has 0 aliphatic heterocycles. The molecule has 1 aromatic heterocycles. The van der Waals surface area contributed by atoms with Gasteiger partial charge in [0.25, 0.3) is 0 Å². The third-order valence-electron chi connectivity index (χ3n) is 2.78. The highest BCUT2D eigenvalue weighted by Gasteiger charge is 2.40. The molecule has 0 spiro atoms. The summed E-state index contributed by atoms with van der Waals surface area (Å²) in [5.74, 6) is -1.04.